The summed E-state index contributed by atoms with van der Waals surface area (Å²) in [6.07, 6.45) is 2.20. The average molecular weight is 330 g/mol. The summed E-state index contributed by atoms with van der Waals surface area (Å²) in [6, 6.07) is 5.04. The number of aromatic nitrogens is 2. The molecule has 3 rings (SSSR count). The van der Waals surface area contributed by atoms with E-state index in [1.54, 1.807) is 18.2 Å². The van der Waals surface area contributed by atoms with Crippen LogP contribution in [0, 0.1) is 6.92 Å². The maximum Gasteiger partial charge on any atom is 0.227 e. The highest BCUT2D eigenvalue weighted by atomic mass is 35.5. The topological polar surface area (TPSA) is 35.0 Å². The van der Waals surface area contributed by atoms with E-state index in [4.69, 9.17) is 39.5 Å². The lowest BCUT2D eigenvalue weighted by Crippen LogP contribution is -2.00. The van der Waals surface area contributed by atoms with Gasteiger partial charge in [-0.05, 0) is 38.0 Å². The van der Waals surface area contributed by atoms with Crippen LogP contribution < -0.4 is 4.74 Å². The van der Waals surface area contributed by atoms with Crippen LogP contribution in [0.5, 0.6) is 11.6 Å². The maximum atomic E-state index is 6.14. The smallest absolute Gasteiger partial charge is 0.227 e. The molecule has 0 atom stereocenters. The molecule has 6 heteroatoms. The van der Waals surface area contributed by atoms with Crippen molar-refractivity contribution in [2.24, 2.45) is 0 Å². The number of hydrogen-bond donors (Lipinski definition) is 0. The Balaban J connectivity index is 1.97. The number of halogens is 3. The molecular formula is C14H11Cl3N2O. The minimum absolute atomic E-state index is 0.399. The van der Waals surface area contributed by atoms with Crippen molar-refractivity contribution in [3.8, 4) is 11.6 Å². The number of hydrogen-bond acceptors (Lipinski definition) is 3. The molecule has 1 heterocycles. The van der Waals surface area contributed by atoms with Crippen molar-refractivity contribution in [2.75, 3.05) is 0 Å². The largest absolute Gasteiger partial charge is 0.437 e. The molecule has 0 radical (unpaired) electrons. The minimum Gasteiger partial charge on any atom is -0.437 e. The molecule has 0 saturated heterocycles. The van der Waals surface area contributed by atoms with Gasteiger partial charge in [-0.15, -0.1) is 0 Å². The Morgan fingerprint density at radius 2 is 1.90 bits per heavy atom. The summed E-state index contributed by atoms with van der Waals surface area (Å²) >= 11 is 18.1. The summed E-state index contributed by atoms with van der Waals surface area (Å²) in [4.78, 5) is 8.74. The van der Waals surface area contributed by atoms with Crippen molar-refractivity contribution in [1.29, 1.82) is 0 Å². The monoisotopic (exact) mass is 328 g/mol. The average Bonchev–Trinajstić information content (AvgIpc) is 3.22. The third-order valence-corrected chi connectivity index (χ3v) is 4.00. The fourth-order valence-corrected chi connectivity index (χ4v) is 2.39. The van der Waals surface area contributed by atoms with Crippen LogP contribution >= 0.6 is 34.8 Å². The van der Waals surface area contributed by atoms with Crippen LogP contribution in [0.25, 0.3) is 0 Å². The number of benzene rings is 1. The number of ether oxygens (including phenoxy) is 1. The SMILES string of the molecule is Cc1c(Cl)nc(C2CC2)nc1Oc1ccc(Cl)cc1Cl. The zero-order chi connectivity index (χ0) is 14.3. The van der Waals surface area contributed by atoms with Gasteiger partial charge < -0.3 is 4.74 Å². The normalized spacial score (nSPS) is 14.4. The van der Waals surface area contributed by atoms with Crippen LogP contribution in [0.3, 0.4) is 0 Å². The molecule has 0 unspecified atom stereocenters. The Bertz CT molecular complexity index is 672. The lowest BCUT2D eigenvalue weighted by molar-refractivity contribution is 0.454. The van der Waals surface area contributed by atoms with Crippen molar-refractivity contribution >= 4 is 34.8 Å². The van der Waals surface area contributed by atoms with E-state index in [1.807, 2.05) is 6.92 Å². The summed E-state index contributed by atoms with van der Waals surface area (Å²) in [6.45, 7) is 1.82. The summed E-state index contributed by atoms with van der Waals surface area (Å²) in [5, 5.41) is 1.40. The molecule has 0 spiro atoms. The molecule has 1 saturated carbocycles. The molecule has 104 valence electrons. The molecule has 2 aromatic rings. The van der Waals surface area contributed by atoms with Crippen LogP contribution in [-0.2, 0) is 0 Å². The molecule has 0 N–H and O–H groups in total. The summed E-state index contributed by atoms with van der Waals surface area (Å²) < 4.78 is 5.77. The Kier molecular flexibility index (Phi) is 3.76. The predicted molar refractivity (Wildman–Crippen MR) is 80.3 cm³/mol. The molecule has 1 aromatic heterocycles. The second kappa shape index (κ2) is 5.40. The highest BCUT2D eigenvalue weighted by Crippen LogP contribution is 2.41. The third kappa shape index (κ3) is 2.85. The van der Waals surface area contributed by atoms with Crippen LogP contribution in [0.4, 0.5) is 0 Å². The first-order valence-corrected chi connectivity index (χ1v) is 7.35. The van der Waals surface area contributed by atoms with Crippen molar-refractivity contribution in [3.05, 3.63) is 44.8 Å². The van der Waals surface area contributed by atoms with E-state index in [2.05, 4.69) is 9.97 Å². The van der Waals surface area contributed by atoms with E-state index >= 15 is 0 Å². The van der Waals surface area contributed by atoms with Gasteiger partial charge in [-0.3, -0.25) is 0 Å². The van der Waals surface area contributed by atoms with Gasteiger partial charge in [-0.2, -0.15) is 4.98 Å². The predicted octanol–water partition coefficient (Wildman–Crippen LogP) is 5.41. The standard InChI is InChI=1S/C14H11Cl3N2O/c1-7-12(17)18-13(8-2-3-8)19-14(7)20-11-5-4-9(15)6-10(11)16/h4-6,8H,2-3H2,1H3. The van der Waals surface area contributed by atoms with Crippen molar-refractivity contribution in [2.45, 2.75) is 25.7 Å². The molecule has 0 amide bonds. The summed E-state index contributed by atoms with van der Waals surface area (Å²) in [5.41, 5.74) is 0.696. The van der Waals surface area contributed by atoms with E-state index in [0.29, 0.717) is 38.3 Å². The molecule has 1 fully saturated rings. The van der Waals surface area contributed by atoms with Crippen LogP contribution in [0.1, 0.15) is 30.1 Å². The molecule has 3 nitrogen and oxygen atoms in total. The van der Waals surface area contributed by atoms with Crippen molar-refractivity contribution in [1.82, 2.24) is 9.97 Å². The second-order valence-corrected chi connectivity index (χ2v) is 5.96. The lowest BCUT2D eigenvalue weighted by atomic mass is 10.3. The van der Waals surface area contributed by atoms with Gasteiger partial charge in [-0.25, -0.2) is 4.98 Å². The van der Waals surface area contributed by atoms with E-state index in [1.165, 1.54) is 0 Å². The number of rotatable bonds is 3. The Hall–Kier alpha value is -1.03. The first-order chi connectivity index (χ1) is 9.54. The number of nitrogens with zero attached hydrogens (tertiary/aromatic N) is 2. The molecule has 1 aliphatic rings. The van der Waals surface area contributed by atoms with Crippen LogP contribution in [0.15, 0.2) is 18.2 Å². The molecule has 0 bridgehead atoms. The molecule has 1 aliphatic carbocycles. The van der Waals surface area contributed by atoms with Crippen molar-refractivity contribution < 1.29 is 4.74 Å². The highest BCUT2D eigenvalue weighted by molar-refractivity contribution is 6.35. The molecule has 0 aliphatic heterocycles. The second-order valence-electron chi connectivity index (χ2n) is 4.75. The Labute approximate surface area is 131 Å². The van der Waals surface area contributed by atoms with Gasteiger partial charge in [0.05, 0.1) is 5.02 Å². The van der Waals surface area contributed by atoms with E-state index < -0.39 is 0 Å². The fourth-order valence-electron chi connectivity index (χ4n) is 1.77. The van der Waals surface area contributed by atoms with E-state index in [0.717, 1.165) is 18.7 Å². The highest BCUT2D eigenvalue weighted by Gasteiger charge is 2.28. The van der Waals surface area contributed by atoms with Crippen LogP contribution in [-0.4, -0.2) is 9.97 Å². The van der Waals surface area contributed by atoms with Gasteiger partial charge in [-0.1, -0.05) is 34.8 Å². The van der Waals surface area contributed by atoms with Crippen LogP contribution in [0.2, 0.25) is 15.2 Å². The van der Waals surface area contributed by atoms with Gasteiger partial charge in [0.25, 0.3) is 0 Å². The first-order valence-electron chi connectivity index (χ1n) is 6.21. The van der Waals surface area contributed by atoms with Gasteiger partial charge in [0.15, 0.2) is 0 Å². The quantitative estimate of drug-likeness (QED) is 0.706. The molecule has 1 aromatic carbocycles. The first kappa shape index (κ1) is 13.9. The Morgan fingerprint density at radius 3 is 2.55 bits per heavy atom. The zero-order valence-corrected chi connectivity index (χ0v) is 12.9. The minimum atomic E-state index is 0.399. The fraction of sp³-hybridized carbons (Fsp3) is 0.286. The van der Waals surface area contributed by atoms with Gasteiger partial charge in [0.2, 0.25) is 5.88 Å². The summed E-state index contributed by atoms with van der Waals surface area (Å²) in [5.74, 6) is 2.07. The van der Waals surface area contributed by atoms with Gasteiger partial charge in [0.1, 0.15) is 16.7 Å². The van der Waals surface area contributed by atoms with Crippen molar-refractivity contribution in [3.63, 3.8) is 0 Å². The van der Waals surface area contributed by atoms with E-state index in [9.17, 15) is 0 Å². The lowest BCUT2D eigenvalue weighted by Gasteiger charge is -2.11. The molecule has 20 heavy (non-hydrogen) atoms. The maximum absolute atomic E-state index is 6.14. The van der Waals surface area contributed by atoms with E-state index in [-0.39, 0.29) is 0 Å². The third-order valence-electron chi connectivity index (χ3n) is 3.10. The Morgan fingerprint density at radius 1 is 1.15 bits per heavy atom. The van der Waals surface area contributed by atoms with Gasteiger partial charge >= 0.3 is 0 Å². The zero-order valence-electron chi connectivity index (χ0n) is 10.7. The summed E-state index contributed by atoms with van der Waals surface area (Å²) in [7, 11) is 0. The van der Waals surface area contributed by atoms with Gasteiger partial charge in [0, 0.05) is 16.5 Å². The molecular weight excluding hydrogens is 319 g/mol.